The Labute approximate surface area is 159 Å². The van der Waals surface area contributed by atoms with Crippen molar-refractivity contribution >= 4 is 6.16 Å². The molecule has 0 saturated carbocycles. The molecule has 0 aliphatic heterocycles. The molecular formula is CH14K2O10. The Balaban J connectivity index is -0.00000000125. The fourth-order valence-electron chi connectivity index (χ4n) is 0. The fourth-order valence-corrected chi connectivity index (χ4v) is 0. The third kappa shape index (κ3) is 419. The van der Waals surface area contributed by atoms with Crippen LogP contribution in [-0.2, 0) is 0 Å². The van der Waals surface area contributed by atoms with E-state index in [0.29, 0.717) is 0 Å². The molecule has 0 aromatic rings. The summed E-state index contributed by atoms with van der Waals surface area (Å²) in [5.74, 6) is 0. The molecule has 10 nitrogen and oxygen atoms in total. The van der Waals surface area contributed by atoms with Gasteiger partial charge in [0.2, 0.25) is 0 Å². The van der Waals surface area contributed by atoms with Gasteiger partial charge in [0.1, 0.15) is 0 Å². The second-order valence-electron chi connectivity index (χ2n) is 0.250. The monoisotopic (exact) mass is 264 g/mol. The smallest absolute Gasteiger partial charge is 0.652 e. The van der Waals surface area contributed by atoms with Crippen LogP contribution in [0.5, 0.6) is 0 Å². The van der Waals surface area contributed by atoms with E-state index in [1.165, 1.54) is 0 Å². The van der Waals surface area contributed by atoms with Gasteiger partial charge in [-0.3, -0.25) is 0 Å². The van der Waals surface area contributed by atoms with E-state index in [4.69, 9.17) is 15.0 Å². The average Bonchev–Trinajstić information content (AvgIpc) is 0.811. The SMILES string of the molecule is O.O.O.O.O.O.O.O=C([O-])[O-].[K+].[K+]. The van der Waals surface area contributed by atoms with E-state index in [2.05, 4.69) is 0 Å². The molecule has 0 rings (SSSR count). The first-order valence-electron chi connectivity index (χ1n) is 0.612. The summed E-state index contributed by atoms with van der Waals surface area (Å²) in [6.45, 7) is 0. The second kappa shape index (κ2) is 90.6. The molecule has 0 bridgehead atoms. The Hall–Kier alpha value is 2.26. The molecule has 0 fully saturated rings. The molecule has 0 aliphatic rings. The normalized spacial score (nSPS) is 1.85. The molecule has 0 amide bonds. The van der Waals surface area contributed by atoms with Gasteiger partial charge in [-0.15, -0.1) is 0 Å². The van der Waals surface area contributed by atoms with Crippen molar-refractivity contribution in [3.63, 3.8) is 0 Å². The Kier molecular flexibility index (Phi) is 781. The van der Waals surface area contributed by atoms with Crippen LogP contribution in [0.4, 0.5) is 4.79 Å². The Morgan fingerprint density at radius 3 is 0.615 bits per heavy atom. The molecule has 0 aromatic heterocycles. The molecule has 14 N–H and O–H groups in total. The van der Waals surface area contributed by atoms with E-state index in [0.717, 1.165) is 0 Å². The standard InChI is InChI=1S/CH2O3.2K.7H2O/c2-1(3)4;;;;;;;;;/h(H2,2,3,4);;;7*1H2/q;2*+1;;;;;;;/p-2. The zero-order valence-electron chi connectivity index (χ0n) is 7.22. The number of carboxylic acid groups (broad SMARTS) is 2. The summed E-state index contributed by atoms with van der Waals surface area (Å²) in [5.41, 5.74) is 0. The van der Waals surface area contributed by atoms with Gasteiger partial charge in [0.25, 0.3) is 0 Å². The van der Waals surface area contributed by atoms with Crippen LogP contribution < -0.4 is 113 Å². The van der Waals surface area contributed by atoms with E-state index in [-0.39, 0.29) is 141 Å². The first-order chi connectivity index (χ1) is 1.73. The Bertz CT molecular complexity index is 35.9. The van der Waals surface area contributed by atoms with Crippen molar-refractivity contribution in [1.82, 2.24) is 0 Å². The third-order valence-corrected chi connectivity index (χ3v) is 0. The summed E-state index contributed by atoms with van der Waals surface area (Å²) < 4.78 is 0. The largest absolute Gasteiger partial charge is 1.00 e. The maximum absolute atomic E-state index is 8.33. The molecule has 0 aromatic carbocycles. The predicted molar refractivity (Wildman–Crippen MR) is 30.7 cm³/mol. The van der Waals surface area contributed by atoms with Crippen molar-refractivity contribution in [2.45, 2.75) is 0 Å². The topological polar surface area (TPSA) is 284 Å². The van der Waals surface area contributed by atoms with Crippen LogP contribution in [0.2, 0.25) is 0 Å². The molecule has 0 heterocycles. The zero-order valence-corrected chi connectivity index (χ0v) is 13.5. The minimum absolute atomic E-state index is 0. The summed E-state index contributed by atoms with van der Waals surface area (Å²) in [6, 6.07) is 0. The van der Waals surface area contributed by atoms with E-state index in [1.807, 2.05) is 0 Å². The van der Waals surface area contributed by atoms with Crippen LogP contribution in [-0.4, -0.2) is 44.5 Å². The molecule has 13 heavy (non-hydrogen) atoms. The zero-order chi connectivity index (χ0) is 3.58. The van der Waals surface area contributed by atoms with Crippen LogP contribution in [0.3, 0.4) is 0 Å². The molecule has 0 spiro atoms. The molecule has 12 heteroatoms. The van der Waals surface area contributed by atoms with Crippen molar-refractivity contribution in [1.29, 1.82) is 0 Å². The summed E-state index contributed by atoms with van der Waals surface area (Å²) in [4.78, 5) is 8.33. The minimum atomic E-state index is -2.33. The fraction of sp³-hybridized carbons (Fsp3) is 0. The van der Waals surface area contributed by atoms with Gasteiger partial charge in [-0.1, -0.05) is 0 Å². The number of hydrogen-bond acceptors (Lipinski definition) is 3. The Morgan fingerprint density at radius 2 is 0.615 bits per heavy atom. The second-order valence-corrected chi connectivity index (χ2v) is 0.250. The molecule has 0 saturated heterocycles. The van der Waals surface area contributed by atoms with Crippen LogP contribution in [0, 0.1) is 0 Å². The summed E-state index contributed by atoms with van der Waals surface area (Å²) >= 11 is 0. The van der Waals surface area contributed by atoms with Gasteiger partial charge in [0.15, 0.2) is 0 Å². The van der Waals surface area contributed by atoms with Gasteiger partial charge < -0.3 is 53.3 Å². The van der Waals surface area contributed by atoms with Gasteiger partial charge >= 0.3 is 103 Å². The van der Waals surface area contributed by atoms with Crippen LogP contribution in [0.25, 0.3) is 0 Å². The van der Waals surface area contributed by atoms with Gasteiger partial charge in [0.05, 0.1) is 0 Å². The van der Waals surface area contributed by atoms with Crippen molar-refractivity contribution < 1.29 is 156 Å². The molecule has 80 valence electrons. The third-order valence-electron chi connectivity index (χ3n) is 0. The van der Waals surface area contributed by atoms with Crippen molar-refractivity contribution in [3.05, 3.63) is 0 Å². The van der Waals surface area contributed by atoms with Gasteiger partial charge in [0, 0.05) is 0 Å². The van der Waals surface area contributed by atoms with Gasteiger partial charge in [-0.25, -0.2) is 0 Å². The maximum Gasteiger partial charge on any atom is 1.00 e. The van der Waals surface area contributed by atoms with Crippen LogP contribution in [0.1, 0.15) is 0 Å². The van der Waals surface area contributed by atoms with Crippen molar-refractivity contribution in [2.24, 2.45) is 0 Å². The van der Waals surface area contributed by atoms with Crippen LogP contribution in [0.15, 0.2) is 0 Å². The van der Waals surface area contributed by atoms with E-state index < -0.39 is 6.16 Å². The first kappa shape index (κ1) is 112. The van der Waals surface area contributed by atoms with Crippen LogP contribution >= 0.6 is 0 Å². The van der Waals surface area contributed by atoms with E-state index in [9.17, 15) is 0 Å². The molecular weight excluding hydrogens is 250 g/mol. The molecule has 0 radical (unpaired) electrons. The van der Waals surface area contributed by atoms with Crippen molar-refractivity contribution in [2.75, 3.05) is 0 Å². The Morgan fingerprint density at radius 1 is 0.615 bits per heavy atom. The molecule has 0 atom stereocenters. The number of carbonyl (C=O) groups is 1. The van der Waals surface area contributed by atoms with E-state index in [1.54, 1.807) is 0 Å². The summed E-state index contributed by atoms with van der Waals surface area (Å²) in [5, 5.41) is 16.7. The van der Waals surface area contributed by atoms with Gasteiger partial charge in [-0.2, -0.15) is 0 Å². The first-order valence-corrected chi connectivity index (χ1v) is 0.612. The molecule has 0 aliphatic carbocycles. The summed E-state index contributed by atoms with van der Waals surface area (Å²) in [6.07, 6.45) is -2.33. The maximum atomic E-state index is 8.33. The minimum Gasteiger partial charge on any atom is -0.652 e. The summed E-state index contributed by atoms with van der Waals surface area (Å²) in [7, 11) is 0. The molecule has 0 unspecified atom stereocenters. The van der Waals surface area contributed by atoms with Gasteiger partial charge in [-0.05, 0) is 6.16 Å². The van der Waals surface area contributed by atoms with Crippen molar-refractivity contribution in [3.8, 4) is 0 Å². The predicted octanol–water partition coefficient (Wildman–Crippen LogP) is -14.2. The average molecular weight is 264 g/mol. The van der Waals surface area contributed by atoms with E-state index >= 15 is 0 Å². The number of hydrogen-bond donors (Lipinski definition) is 0. The number of rotatable bonds is 0. The number of carbonyl (C=O) groups excluding carboxylic acids is 1. The quantitative estimate of drug-likeness (QED) is 0.385.